The molecule has 0 bridgehead atoms. The quantitative estimate of drug-likeness (QED) is 0.356. The molecular weight excluding hydrogens is 436 g/mol. The Labute approximate surface area is 159 Å². The fourth-order valence-electron chi connectivity index (χ4n) is 1.47. The summed E-state index contributed by atoms with van der Waals surface area (Å²) in [5.41, 5.74) is 0. The van der Waals surface area contributed by atoms with Gasteiger partial charge in [-0.25, -0.2) is 0 Å². The zero-order valence-corrected chi connectivity index (χ0v) is 16.1. The van der Waals surface area contributed by atoms with Crippen molar-refractivity contribution in [2.24, 2.45) is 0 Å². The van der Waals surface area contributed by atoms with Gasteiger partial charge < -0.3 is 14.5 Å². The van der Waals surface area contributed by atoms with E-state index in [0.29, 0.717) is 9.01 Å². The summed E-state index contributed by atoms with van der Waals surface area (Å²) in [6, 6.07) is 3.12. The van der Waals surface area contributed by atoms with Crippen molar-refractivity contribution in [3.05, 3.63) is 22.6 Å². The summed E-state index contributed by atoms with van der Waals surface area (Å²) in [5.74, 6) is -1.08. The second kappa shape index (κ2) is 9.53. The van der Waals surface area contributed by atoms with Gasteiger partial charge in [0.2, 0.25) is 11.0 Å². The molecule has 9 nitrogen and oxygen atoms in total. The van der Waals surface area contributed by atoms with Gasteiger partial charge in [-0.15, -0.1) is 10.2 Å². The maximum absolute atomic E-state index is 11.9. The first-order valence-corrected chi connectivity index (χ1v) is 9.52. The number of furan rings is 1. The number of carbonyl (C=O) groups is 3. The van der Waals surface area contributed by atoms with Crippen molar-refractivity contribution in [1.82, 2.24) is 15.5 Å². The van der Waals surface area contributed by atoms with Gasteiger partial charge in [0.05, 0.1) is 12.4 Å². The van der Waals surface area contributed by atoms with E-state index in [4.69, 9.17) is 9.15 Å². The monoisotopic (exact) mass is 448 g/mol. The summed E-state index contributed by atoms with van der Waals surface area (Å²) in [6.45, 7) is 1.77. The number of amides is 2. The third-order valence-electron chi connectivity index (χ3n) is 2.49. The molecule has 0 unspecified atom stereocenters. The molecule has 2 heterocycles. The minimum absolute atomic E-state index is 0.0626. The number of thioether (sulfide) groups is 1. The van der Waals surface area contributed by atoms with Crippen LogP contribution in [0.15, 0.2) is 25.6 Å². The number of nitrogens with zero attached hydrogens (tertiary/aromatic N) is 2. The lowest BCUT2D eigenvalue weighted by Gasteiger charge is -2.03. The summed E-state index contributed by atoms with van der Waals surface area (Å²) in [5, 5.41) is 13.0. The van der Waals surface area contributed by atoms with Crippen molar-refractivity contribution >= 4 is 61.9 Å². The minimum Gasteiger partial charge on any atom is -0.465 e. The summed E-state index contributed by atoms with van der Waals surface area (Å²) in [6.07, 6.45) is 0. The van der Waals surface area contributed by atoms with Gasteiger partial charge in [0, 0.05) is 0 Å². The zero-order valence-electron chi connectivity index (χ0n) is 12.9. The van der Waals surface area contributed by atoms with Crippen LogP contribution in [0.5, 0.6) is 0 Å². The highest BCUT2D eigenvalue weighted by molar-refractivity contribution is 9.10. The lowest BCUT2D eigenvalue weighted by Crippen LogP contribution is -2.31. The van der Waals surface area contributed by atoms with Crippen LogP contribution in [0.3, 0.4) is 0 Å². The van der Waals surface area contributed by atoms with Gasteiger partial charge in [-0.2, -0.15) is 0 Å². The molecule has 0 aliphatic carbocycles. The largest absolute Gasteiger partial charge is 0.465 e. The van der Waals surface area contributed by atoms with Gasteiger partial charge >= 0.3 is 5.97 Å². The van der Waals surface area contributed by atoms with E-state index in [2.05, 4.69) is 36.8 Å². The maximum atomic E-state index is 11.9. The molecule has 25 heavy (non-hydrogen) atoms. The summed E-state index contributed by atoms with van der Waals surface area (Å²) in [7, 11) is 0. The predicted octanol–water partition coefficient (Wildman–Crippen LogP) is 1.92. The summed E-state index contributed by atoms with van der Waals surface area (Å²) < 4.78 is 10.8. The Morgan fingerprint density at radius 1 is 1.36 bits per heavy atom. The van der Waals surface area contributed by atoms with E-state index in [-0.39, 0.29) is 35.7 Å². The van der Waals surface area contributed by atoms with Crippen LogP contribution in [0.2, 0.25) is 0 Å². The van der Waals surface area contributed by atoms with E-state index in [9.17, 15) is 14.4 Å². The number of aromatic nitrogens is 2. The van der Waals surface area contributed by atoms with Crippen molar-refractivity contribution in [2.75, 3.05) is 24.2 Å². The molecule has 0 saturated carbocycles. The van der Waals surface area contributed by atoms with E-state index in [0.717, 1.165) is 23.1 Å². The van der Waals surface area contributed by atoms with Crippen LogP contribution in [0.25, 0.3) is 0 Å². The number of rotatable bonds is 8. The Bertz CT molecular complexity index is 763. The van der Waals surface area contributed by atoms with E-state index in [1.807, 2.05) is 0 Å². The Hall–Kier alpha value is -1.92. The Balaban J connectivity index is 1.76. The molecule has 2 amide bonds. The third-order valence-corrected chi connectivity index (χ3v) is 4.88. The zero-order chi connectivity index (χ0) is 18.2. The molecule has 0 spiro atoms. The molecule has 0 atom stereocenters. The molecule has 2 aromatic rings. The number of nitrogens with one attached hydrogen (secondary N) is 2. The Kier molecular flexibility index (Phi) is 7.40. The van der Waals surface area contributed by atoms with Gasteiger partial charge in [-0.3, -0.25) is 19.7 Å². The topological polar surface area (TPSA) is 123 Å². The standard InChI is InChI=1S/C13H13BrN4O5S2/c1-2-22-10(20)5-15-9(19)6-24-13-18-17-12(25-13)16-11(21)7-3-4-8(14)23-7/h3-4H,2,5-6H2,1H3,(H,15,19)(H,16,17,21). The first kappa shape index (κ1) is 19.4. The van der Waals surface area contributed by atoms with Crippen molar-refractivity contribution in [1.29, 1.82) is 0 Å². The molecule has 0 saturated heterocycles. The van der Waals surface area contributed by atoms with Gasteiger partial charge in [0.1, 0.15) is 6.54 Å². The lowest BCUT2D eigenvalue weighted by atomic mass is 10.4. The predicted molar refractivity (Wildman–Crippen MR) is 94.6 cm³/mol. The van der Waals surface area contributed by atoms with E-state index in [1.54, 1.807) is 13.0 Å². The van der Waals surface area contributed by atoms with Crippen LogP contribution in [0.4, 0.5) is 5.13 Å². The smallest absolute Gasteiger partial charge is 0.325 e. The maximum Gasteiger partial charge on any atom is 0.325 e. The van der Waals surface area contributed by atoms with Crippen LogP contribution in [-0.4, -0.2) is 46.9 Å². The van der Waals surface area contributed by atoms with E-state index >= 15 is 0 Å². The number of anilines is 1. The average molecular weight is 449 g/mol. The average Bonchev–Trinajstić information content (AvgIpc) is 3.20. The highest BCUT2D eigenvalue weighted by atomic mass is 79.9. The van der Waals surface area contributed by atoms with Crippen molar-refractivity contribution in [2.45, 2.75) is 11.3 Å². The Morgan fingerprint density at radius 2 is 2.16 bits per heavy atom. The van der Waals surface area contributed by atoms with Gasteiger partial charge in [-0.1, -0.05) is 23.1 Å². The Morgan fingerprint density at radius 3 is 2.84 bits per heavy atom. The third kappa shape index (κ3) is 6.48. The number of halogens is 1. The number of hydrogen-bond acceptors (Lipinski definition) is 9. The van der Waals surface area contributed by atoms with Crippen LogP contribution in [0.1, 0.15) is 17.5 Å². The molecule has 0 radical (unpaired) electrons. The number of ether oxygens (including phenoxy) is 1. The molecule has 2 rings (SSSR count). The fraction of sp³-hybridized carbons (Fsp3) is 0.308. The van der Waals surface area contributed by atoms with Crippen LogP contribution in [0, 0.1) is 0 Å². The van der Waals surface area contributed by atoms with Crippen molar-refractivity contribution in [3.8, 4) is 0 Å². The van der Waals surface area contributed by atoms with Gasteiger partial charge in [-0.05, 0) is 35.0 Å². The van der Waals surface area contributed by atoms with Crippen LogP contribution < -0.4 is 10.6 Å². The van der Waals surface area contributed by atoms with E-state index < -0.39 is 11.9 Å². The second-order valence-corrected chi connectivity index (χ2v) is 7.28. The molecule has 2 aromatic heterocycles. The number of esters is 1. The second-order valence-electron chi connectivity index (χ2n) is 4.30. The lowest BCUT2D eigenvalue weighted by molar-refractivity contribution is -0.143. The molecule has 0 fully saturated rings. The van der Waals surface area contributed by atoms with Crippen molar-refractivity contribution < 1.29 is 23.5 Å². The molecule has 0 aliphatic heterocycles. The minimum atomic E-state index is -0.494. The SMILES string of the molecule is CCOC(=O)CNC(=O)CSc1nnc(NC(=O)c2ccc(Br)o2)s1. The first-order chi connectivity index (χ1) is 12.0. The fourth-order valence-corrected chi connectivity index (χ4v) is 3.36. The highest BCUT2D eigenvalue weighted by Crippen LogP contribution is 2.26. The van der Waals surface area contributed by atoms with Gasteiger partial charge in [0.25, 0.3) is 5.91 Å². The molecule has 0 aliphatic rings. The summed E-state index contributed by atoms with van der Waals surface area (Å²) in [4.78, 5) is 34.7. The molecule has 2 N–H and O–H groups in total. The molecule has 134 valence electrons. The number of hydrogen-bond donors (Lipinski definition) is 2. The molecule has 12 heteroatoms. The van der Waals surface area contributed by atoms with Crippen molar-refractivity contribution in [3.63, 3.8) is 0 Å². The van der Waals surface area contributed by atoms with Gasteiger partial charge in [0.15, 0.2) is 14.8 Å². The molecular formula is C13H13BrN4O5S2. The van der Waals surface area contributed by atoms with Crippen LogP contribution in [-0.2, 0) is 14.3 Å². The number of carbonyl (C=O) groups excluding carboxylic acids is 3. The highest BCUT2D eigenvalue weighted by Gasteiger charge is 2.14. The molecule has 0 aromatic carbocycles. The van der Waals surface area contributed by atoms with Crippen LogP contribution >= 0.6 is 39.0 Å². The van der Waals surface area contributed by atoms with E-state index in [1.165, 1.54) is 6.07 Å². The normalized spacial score (nSPS) is 10.3. The first-order valence-electron chi connectivity index (χ1n) is 6.93. The summed E-state index contributed by atoms with van der Waals surface area (Å²) >= 11 is 5.37.